The van der Waals surface area contributed by atoms with E-state index in [1.165, 1.54) is 5.75 Å². The van der Waals surface area contributed by atoms with Gasteiger partial charge >= 0.3 is 0 Å². The smallest absolute Gasteiger partial charge is 0.239 e. The van der Waals surface area contributed by atoms with E-state index in [0.29, 0.717) is 0 Å². The molecule has 1 heterocycles. The Morgan fingerprint density at radius 3 is 2.72 bits per heavy atom. The van der Waals surface area contributed by atoms with Crippen molar-refractivity contribution in [1.29, 1.82) is 0 Å². The van der Waals surface area contributed by atoms with Crippen molar-refractivity contribution in [3.63, 3.8) is 0 Å². The van der Waals surface area contributed by atoms with Gasteiger partial charge in [0.1, 0.15) is 0 Å². The molecule has 1 fully saturated rings. The molecule has 0 saturated carbocycles. The molecule has 4 N–H and O–H groups in total. The summed E-state index contributed by atoms with van der Waals surface area (Å²) in [6, 6.07) is -0.310. The third-order valence-electron chi connectivity index (χ3n) is 2.97. The summed E-state index contributed by atoms with van der Waals surface area (Å²) in [6.45, 7) is 3.77. The van der Waals surface area contributed by atoms with Crippen molar-refractivity contribution in [3.05, 3.63) is 0 Å². The van der Waals surface area contributed by atoms with Gasteiger partial charge in [-0.25, -0.2) is 0 Å². The minimum atomic E-state index is -0.553. The largest absolute Gasteiger partial charge is 0.351 e. The number of hydrogen-bond acceptors (Lipinski definition) is 4. The number of nitrogens with two attached hydrogens (primary N) is 1. The first-order valence-electron chi connectivity index (χ1n) is 6.41. The average Bonchev–Trinajstić information content (AvgIpc) is 2.36. The maximum Gasteiger partial charge on any atom is 0.239 e. The van der Waals surface area contributed by atoms with Crippen molar-refractivity contribution in [2.24, 2.45) is 11.7 Å². The van der Waals surface area contributed by atoms with Gasteiger partial charge in [-0.15, -0.1) is 0 Å². The highest BCUT2D eigenvalue weighted by molar-refractivity contribution is 7.99. The van der Waals surface area contributed by atoms with Gasteiger partial charge in [0.15, 0.2) is 0 Å². The predicted octanol–water partition coefficient (Wildman–Crippen LogP) is 0.0977. The van der Waals surface area contributed by atoms with Crippen LogP contribution in [0.15, 0.2) is 0 Å². The lowest BCUT2D eigenvalue weighted by atomic mass is 10.1. The minimum Gasteiger partial charge on any atom is -0.351 e. The molecule has 5 nitrogen and oxygen atoms in total. The van der Waals surface area contributed by atoms with E-state index < -0.39 is 6.04 Å². The Kier molecular flexibility index (Phi) is 6.49. The number of nitrogens with one attached hydrogen (secondary N) is 2. The second-order valence-electron chi connectivity index (χ2n) is 4.97. The summed E-state index contributed by atoms with van der Waals surface area (Å²) in [5.41, 5.74) is 5.68. The maximum absolute atomic E-state index is 11.6. The van der Waals surface area contributed by atoms with Gasteiger partial charge in [0.25, 0.3) is 0 Å². The van der Waals surface area contributed by atoms with Gasteiger partial charge in [-0.3, -0.25) is 9.59 Å². The molecule has 0 aromatic carbocycles. The molecule has 104 valence electrons. The lowest BCUT2D eigenvalue weighted by Gasteiger charge is -2.22. The van der Waals surface area contributed by atoms with E-state index in [1.54, 1.807) is 0 Å². The Hall–Kier alpha value is -0.750. The molecule has 1 saturated heterocycles. The molecule has 0 aromatic rings. The summed E-state index contributed by atoms with van der Waals surface area (Å²) in [4.78, 5) is 23.2. The van der Waals surface area contributed by atoms with Crippen LogP contribution in [0.25, 0.3) is 0 Å². The van der Waals surface area contributed by atoms with Crippen molar-refractivity contribution < 1.29 is 9.59 Å². The van der Waals surface area contributed by atoms with Crippen LogP contribution in [-0.4, -0.2) is 41.9 Å². The maximum atomic E-state index is 11.6. The van der Waals surface area contributed by atoms with Crippen LogP contribution in [0, 0.1) is 5.92 Å². The Labute approximate surface area is 113 Å². The van der Waals surface area contributed by atoms with Crippen LogP contribution in [0.1, 0.15) is 26.7 Å². The molecule has 1 rings (SSSR count). The molecule has 18 heavy (non-hydrogen) atoms. The minimum absolute atomic E-state index is 0.0143. The van der Waals surface area contributed by atoms with Gasteiger partial charge < -0.3 is 16.4 Å². The van der Waals surface area contributed by atoms with E-state index in [9.17, 15) is 9.59 Å². The standard InChI is InChI=1S/C12H23N3O2S/c1-8(2)11(13)12(17)14-6-10(16)15-9-4-3-5-18-7-9/h8-9,11H,3-7,13H2,1-2H3,(H,14,17)(H,15,16)/t9?,11-/m0/s1. The average molecular weight is 273 g/mol. The molecular weight excluding hydrogens is 250 g/mol. The van der Waals surface area contributed by atoms with Gasteiger partial charge in [-0.05, 0) is 24.5 Å². The third-order valence-corrected chi connectivity index (χ3v) is 4.18. The summed E-state index contributed by atoms with van der Waals surface area (Å²) in [7, 11) is 0. The molecule has 1 unspecified atom stereocenters. The normalized spacial score (nSPS) is 21.4. The molecular formula is C12H23N3O2S. The van der Waals surface area contributed by atoms with Crippen molar-refractivity contribution >= 4 is 23.6 Å². The lowest BCUT2D eigenvalue weighted by molar-refractivity contribution is -0.127. The van der Waals surface area contributed by atoms with Crippen molar-refractivity contribution in [2.75, 3.05) is 18.1 Å². The fourth-order valence-corrected chi connectivity index (χ4v) is 2.79. The Balaban J connectivity index is 2.22. The second-order valence-corrected chi connectivity index (χ2v) is 6.12. The number of carbonyl (C=O) groups excluding carboxylic acids is 2. The summed E-state index contributed by atoms with van der Waals surface area (Å²) in [6.07, 6.45) is 2.17. The van der Waals surface area contributed by atoms with E-state index in [-0.39, 0.29) is 30.3 Å². The zero-order chi connectivity index (χ0) is 13.5. The van der Waals surface area contributed by atoms with Crippen molar-refractivity contribution in [3.8, 4) is 0 Å². The molecule has 6 heteroatoms. The van der Waals surface area contributed by atoms with Crippen LogP contribution in [0.2, 0.25) is 0 Å². The number of carbonyl (C=O) groups is 2. The van der Waals surface area contributed by atoms with Crippen LogP contribution < -0.4 is 16.4 Å². The summed E-state index contributed by atoms with van der Waals surface area (Å²) in [5.74, 6) is 1.81. The van der Waals surface area contributed by atoms with Crippen LogP contribution in [0.4, 0.5) is 0 Å². The molecule has 1 aliphatic heterocycles. The van der Waals surface area contributed by atoms with E-state index in [4.69, 9.17) is 5.73 Å². The number of amides is 2. The SMILES string of the molecule is CC(C)[C@H](N)C(=O)NCC(=O)NC1CCCSC1. The molecule has 0 aromatic heterocycles. The third kappa shape index (κ3) is 5.27. The van der Waals surface area contributed by atoms with Crippen molar-refractivity contribution in [1.82, 2.24) is 10.6 Å². The van der Waals surface area contributed by atoms with Crippen LogP contribution in [0.3, 0.4) is 0 Å². The second kappa shape index (κ2) is 7.63. The molecule has 0 bridgehead atoms. The van der Waals surface area contributed by atoms with Crippen LogP contribution in [-0.2, 0) is 9.59 Å². The monoisotopic (exact) mass is 273 g/mol. The highest BCUT2D eigenvalue weighted by atomic mass is 32.2. The fraction of sp³-hybridized carbons (Fsp3) is 0.833. The van der Waals surface area contributed by atoms with Gasteiger partial charge in [0.2, 0.25) is 11.8 Å². The fourth-order valence-electron chi connectivity index (χ4n) is 1.72. The van der Waals surface area contributed by atoms with Gasteiger partial charge in [0.05, 0.1) is 12.6 Å². The predicted molar refractivity (Wildman–Crippen MR) is 74.3 cm³/mol. The highest BCUT2D eigenvalue weighted by Gasteiger charge is 2.19. The Bertz CT molecular complexity index is 291. The molecule has 0 spiro atoms. The van der Waals surface area contributed by atoms with Gasteiger partial charge in [-0.1, -0.05) is 13.8 Å². The Morgan fingerprint density at radius 1 is 1.44 bits per heavy atom. The van der Waals surface area contributed by atoms with E-state index >= 15 is 0 Å². The first-order chi connectivity index (χ1) is 8.50. The molecule has 1 aliphatic rings. The summed E-state index contributed by atoms with van der Waals surface area (Å²) in [5, 5.41) is 5.50. The topological polar surface area (TPSA) is 84.2 Å². The molecule has 2 atom stereocenters. The Morgan fingerprint density at radius 2 is 2.17 bits per heavy atom. The first kappa shape index (κ1) is 15.3. The summed E-state index contributed by atoms with van der Waals surface area (Å²) >= 11 is 1.86. The van der Waals surface area contributed by atoms with E-state index in [1.807, 2.05) is 25.6 Å². The zero-order valence-corrected chi connectivity index (χ0v) is 11.9. The lowest BCUT2D eigenvalue weighted by Crippen LogP contribution is -2.49. The van der Waals surface area contributed by atoms with Crippen molar-refractivity contribution in [2.45, 2.75) is 38.8 Å². The number of hydrogen-bond donors (Lipinski definition) is 3. The van der Waals surface area contributed by atoms with Gasteiger partial charge in [-0.2, -0.15) is 11.8 Å². The number of thioether (sulfide) groups is 1. The van der Waals surface area contributed by atoms with E-state index in [0.717, 1.165) is 18.6 Å². The van der Waals surface area contributed by atoms with Crippen LogP contribution >= 0.6 is 11.8 Å². The quantitative estimate of drug-likeness (QED) is 0.663. The summed E-state index contributed by atoms with van der Waals surface area (Å²) < 4.78 is 0. The zero-order valence-electron chi connectivity index (χ0n) is 11.1. The first-order valence-corrected chi connectivity index (χ1v) is 7.56. The highest BCUT2D eigenvalue weighted by Crippen LogP contribution is 2.16. The number of rotatable bonds is 5. The molecule has 0 radical (unpaired) electrons. The van der Waals surface area contributed by atoms with Gasteiger partial charge in [0, 0.05) is 11.8 Å². The van der Waals surface area contributed by atoms with E-state index in [2.05, 4.69) is 10.6 Å². The molecule has 2 amide bonds. The van der Waals surface area contributed by atoms with Crippen LogP contribution in [0.5, 0.6) is 0 Å². The molecule has 0 aliphatic carbocycles.